The van der Waals surface area contributed by atoms with Gasteiger partial charge in [0.05, 0.1) is 29.8 Å². The van der Waals surface area contributed by atoms with Crippen LogP contribution in [0.15, 0.2) is 84.4 Å². The third kappa shape index (κ3) is 3.59. The van der Waals surface area contributed by atoms with Gasteiger partial charge in [0.1, 0.15) is 11.5 Å². The molecule has 9 heteroatoms. The number of halogens is 2. The maximum absolute atomic E-state index is 13.9. The molecule has 2 N–H and O–H groups in total. The molecule has 1 aliphatic rings. The van der Waals surface area contributed by atoms with Crippen molar-refractivity contribution in [2.75, 3.05) is 12.0 Å². The van der Waals surface area contributed by atoms with Crippen molar-refractivity contribution in [1.82, 2.24) is 9.97 Å². The largest absolute Gasteiger partial charge is 0.507 e. The highest BCUT2D eigenvalue weighted by Crippen LogP contribution is 2.43. The minimum Gasteiger partial charge on any atom is -0.507 e. The predicted molar refractivity (Wildman–Crippen MR) is 138 cm³/mol. The van der Waals surface area contributed by atoms with E-state index in [0.29, 0.717) is 22.3 Å². The molecule has 0 bridgehead atoms. The first-order valence-electron chi connectivity index (χ1n) is 11.6. The molecule has 0 saturated carbocycles. The van der Waals surface area contributed by atoms with Gasteiger partial charge in [0, 0.05) is 17.7 Å². The average molecular weight is 511 g/mol. The maximum atomic E-state index is 13.9. The number of hydrogen-bond donors (Lipinski definition) is 2. The van der Waals surface area contributed by atoms with Crippen LogP contribution >= 0.6 is 0 Å². The van der Waals surface area contributed by atoms with Crippen LogP contribution in [0.3, 0.4) is 0 Å². The normalized spacial score (nSPS) is 17.0. The van der Waals surface area contributed by atoms with Crippen LogP contribution in [0, 0.1) is 11.6 Å². The van der Waals surface area contributed by atoms with Gasteiger partial charge in [0.25, 0.3) is 5.78 Å². The number of rotatable bonds is 4. The Labute approximate surface area is 214 Å². The van der Waals surface area contributed by atoms with Gasteiger partial charge in [-0.1, -0.05) is 54.6 Å². The summed E-state index contributed by atoms with van der Waals surface area (Å²) in [5.74, 6) is -4.07. The summed E-state index contributed by atoms with van der Waals surface area (Å²) in [6.07, 6.45) is 0. The molecule has 38 heavy (non-hydrogen) atoms. The van der Waals surface area contributed by atoms with Gasteiger partial charge in [-0.3, -0.25) is 14.5 Å². The summed E-state index contributed by atoms with van der Waals surface area (Å²) < 4.78 is 33.1. The monoisotopic (exact) mass is 511 g/mol. The molecule has 0 spiro atoms. The third-order valence-corrected chi connectivity index (χ3v) is 6.64. The summed E-state index contributed by atoms with van der Waals surface area (Å²) in [5, 5.41) is 13.1. The molecule has 1 aliphatic heterocycles. The fraction of sp³-hybridized carbons (Fsp3) is 0.0690. The van der Waals surface area contributed by atoms with E-state index in [2.05, 4.69) is 9.97 Å². The van der Waals surface area contributed by atoms with E-state index in [9.17, 15) is 23.5 Å². The summed E-state index contributed by atoms with van der Waals surface area (Å²) in [4.78, 5) is 35.1. The number of hydrogen-bond acceptors (Lipinski definition) is 5. The molecule has 188 valence electrons. The number of H-pyrrole nitrogens is 1. The molecule has 0 aliphatic carbocycles. The van der Waals surface area contributed by atoms with Gasteiger partial charge >= 0.3 is 5.91 Å². The van der Waals surface area contributed by atoms with Crippen LogP contribution in [0.5, 0.6) is 5.75 Å². The fourth-order valence-corrected chi connectivity index (χ4v) is 4.86. The standard InChI is InChI=1S/C29H19F2N3O4/c1-38-17-9-4-8-16(12-17)25-24(26(35)19-11-5-7-15-6-2-3-10-18(15)19)27(36)28(37)34(25)29-32-22-13-20(30)21(31)14-23(22)33-29/h2-14,25,35H,1H3,(H,32,33)/b26-24+. The molecule has 4 aromatic carbocycles. The number of carbonyl (C=O) groups is 2. The molecule has 2 heterocycles. The minimum atomic E-state index is -1.11. The van der Waals surface area contributed by atoms with Gasteiger partial charge in [-0.2, -0.15) is 0 Å². The summed E-state index contributed by atoms with van der Waals surface area (Å²) in [7, 11) is 1.48. The Morgan fingerprint density at radius 2 is 1.71 bits per heavy atom. The predicted octanol–water partition coefficient (Wildman–Crippen LogP) is 5.63. The van der Waals surface area contributed by atoms with E-state index in [1.807, 2.05) is 30.3 Å². The zero-order chi connectivity index (χ0) is 26.6. The number of aromatic amines is 1. The number of methoxy groups -OCH3 is 1. The van der Waals surface area contributed by atoms with Crippen LogP contribution in [0.25, 0.3) is 27.6 Å². The smallest absolute Gasteiger partial charge is 0.302 e. The van der Waals surface area contributed by atoms with Gasteiger partial charge in [0.2, 0.25) is 5.95 Å². The topological polar surface area (TPSA) is 95.5 Å². The lowest BCUT2D eigenvalue weighted by molar-refractivity contribution is -0.132. The van der Waals surface area contributed by atoms with Crippen LogP contribution in [-0.2, 0) is 9.59 Å². The van der Waals surface area contributed by atoms with Crippen molar-refractivity contribution < 1.29 is 28.2 Å². The van der Waals surface area contributed by atoms with Crippen LogP contribution < -0.4 is 9.64 Å². The highest BCUT2D eigenvalue weighted by Gasteiger charge is 2.48. The molecule has 1 atom stereocenters. The molecule has 6 rings (SSSR count). The third-order valence-electron chi connectivity index (χ3n) is 6.64. The number of carbonyl (C=O) groups excluding carboxylic acids is 2. The summed E-state index contributed by atoms with van der Waals surface area (Å²) >= 11 is 0. The lowest BCUT2D eigenvalue weighted by Gasteiger charge is -2.23. The Balaban J connectivity index is 1.61. The molecule has 1 amide bonds. The number of imidazole rings is 1. The molecule has 1 unspecified atom stereocenters. The summed E-state index contributed by atoms with van der Waals surface area (Å²) in [6.45, 7) is 0. The quantitative estimate of drug-likeness (QED) is 0.185. The van der Waals surface area contributed by atoms with Gasteiger partial charge in [-0.15, -0.1) is 0 Å². The van der Waals surface area contributed by atoms with Crippen molar-refractivity contribution in [3.8, 4) is 5.75 Å². The number of anilines is 1. The first-order chi connectivity index (χ1) is 18.4. The Morgan fingerprint density at radius 1 is 0.974 bits per heavy atom. The number of aliphatic hydroxyl groups excluding tert-OH is 1. The van der Waals surface area contributed by atoms with E-state index in [-0.39, 0.29) is 28.3 Å². The second kappa shape index (κ2) is 8.81. The lowest BCUT2D eigenvalue weighted by Crippen LogP contribution is -2.30. The second-order valence-corrected chi connectivity index (χ2v) is 8.82. The van der Waals surface area contributed by atoms with E-state index < -0.39 is 29.4 Å². The minimum absolute atomic E-state index is 0.0687. The van der Waals surface area contributed by atoms with Crippen molar-refractivity contribution in [2.24, 2.45) is 0 Å². The Hall–Kier alpha value is -5.05. The van der Waals surface area contributed by atoms with E-state index in [1.165, 1.54) is 7.11 Å². The van der Waals surface area contributed by atoms with E-state index in [1.54, 1.807) is 36.4 Å². The zero-order valence-corrected chi connectivity index (χ0v) is 19.9. The second-order valence-electron chi connectivity index (χ2n) is 8.82. The Bertz CT molecular complexity index is 1770. The van der Waals surface area contributed by atoms with Crippen molar-refractivity contribution in [2.45, 2.75) is 6.04 Å². The number of nitrogens with one attached hydrogen (secondary N) is 1. The van der Waals surface area contributed by atoms with Gasteiger partial charge in [0.15, 0.2) is 11.6 Å². The number of Topliss-reactive ketones (excluding diaryl/α,β-unsaturated/α-hetero) is 1. The van der Waals surface area contributed by atoms with Crippen LogP contribution in [0.2, 0.25) is 0 Å². The summed E-state index contributed by atoms with van der Waals surface area (Å²) in [5.41, 5.74) is 0.891. The Morgan fingerprint density at radius 3 is 2.53 bits per heavy atom. The van der Waals surface area contributed by atoms with Gasteiger partial charge < -0.3 is 14.8 Å². The summed E-state index contributed by atoms with van der Waals surface area (Å²) in [6, 6.07) is 20.1. The van der Waals surface area contributed by atoms with Gasteiger partial charge in [-0.25, -0.2) is 13.8 Å². The van der Waals surface area contributed by atoms with Crippen LogP contribution in [0.4, 0.5) is 14.7 Å². The van der Waals surface area contributed by atoms with Crippen LogP contribution in [-0.4, -0.2) is 33.9 Å². The molecular weight excluding hydrogens is 492 g/mol. The van der Waals surface area contributed by atoms with Crippen molar-refractivity contribution in [3.63, 3.8) is 0 Å². The van der Waals surface area contributed by atoms with Crippen molar-refractivity contribution in [1.29, 1.82) is 0 Å². The van der Waals surface area contributed by atoms with Crippen molar-refractivity contribution in [3.05, 3.63) is 107 Å². The van der Waals surface area contributed by atoms with Crippen molar-refractivity contribution >= 4 is 45.2 Å². The van der Waals surface area contributed by atoms with E-state index >= 15 is 0 Å². The lowest BCUT2D eigenvalue weighted by atomic mass is 9.93. The van der Waals surface area contributed by atoms with E-state index in [4.69, 9.17) is 4.74 Å². The van der Waals surface area contributed by atoms with Crippen LogP contribution in [0.1, 0.15) is 17.2 Å². The molecular formula is C29H19F2N3O4. The first kappa shape index (κ1) is 23.4. The Kier molecular flexibility index (Phi) is 5.41. The average Bonchev–Trinajstić information content (AvgIpc) is 3.45. The SMILES string of the molecule is COc1cccc(C2/C(=C(\O)c3cccc4ccccc34)C(=O)C(=O)N2c2nc3cc(F)c(F)cc3[nH]2)c1. The number of fused-ring (bicyclic) bond motifs is 2. The number of nitrogens with zero attached hydrogens (tertiary/aromatic N) is 2. The number of ether oxygens (including phenoxy) is 1. The molecule has 0 radical (unpaired) electrons. The van der Waals surface area contributed by atoms with Gasteiger partial charge in [-0.05, 0) is 28.5 Å². The number of ketones is 1. The highest BCUT2D eigenvalue weighted by atomic mass is 19.2. The molecule has 1 aromatic heterocycles. The number of aliphatic hydroxyl groups is 1. The molecule has 5 aromatic rings. The molecule has 7 nitrogen and oxygen atoms in total. The number of amides is 1. The fourth-order valence-electron chi connectivity index (χ4n) is 4.86. The zero-order valence-electron chi connectivity index (χ0n) is 19.9. The number of aromatic nitrogens is 2. The molecule has 1 saturated heterocycles. The highest BCUT2D eigenvalue weighted by molar-refractivity contribution is 6.51. The first-order valence-corrected chi connectivity index (χ1v) is 11.6. The number of benzene rings is 4. The molecule has 1 fully saturated rings. The maximum Gasteiger partial charge on any atom is 0.302 e. The van der Waals surface area contributed by atoms with E-state index in [0.717, 1.165) is 22.4 Å².